The van der Waals surface area contributed by atoms with Crippen molar-refractivity contribution in [3.8, 4) is 0 Å². The van der Waals surface area contributed by atoms with Crippen LogP contribution < -0.4 is 10.6 Å². The Morgan fingerprint density at radius 1 is 1.39 bits per heavy atom. The molecule has 0 radical (unpaired) electrons. The summed E-state index contributed by atoms with van der Waals surface area (Å²) in [4.78, 5) is 16.4. The summed E-state index contributed by atoms with van der Waals surface area (Å²) >= 11 is 0. The van der Waals surface area contributed by atoms with Gasteiger partial charge in [0.2, 0.25) is 0 Å². The van der Waals surface area contributed by atoms with Crippen LogP contribution in [0.2, 0.25) is 0 Å². The number of carbonyl (C=O) groups excluding carboxylic acids is 1. The van der Waals surface area contributed by atoms with Gasteiger partial charge in [-0.3, -0.25) is 5.10 Å². The number of nitrogens with zero attached hydrogens (tertiary/aromatic N) is 4. The lowest BCUT2D eigenvalue weighted by Crippen LogP contribution is -2.41. The van der Waals surface area contributed by atoms with Crippen molar-refractivity contribution in [1.82, 2.24) is 30.1 Å². The summed E-state index contributed by atoms with van der Waals surface area (Å²) in [6.07, 6.45) is 6.36. The minimum atomic E-state index is -0.365. The van der Waals surface area contributed by atoms with Crippen molar-refractivity contribution in [2.45, 2.75) is 50.5 Å². The fourth-order valence-electron chi connectivity index (χ4n) is 3.77. The Labute approximate surface area is 178 Å². The van der Waals surface area contributed by atoms with Gasteiger partial charge in [0.25, 0.3) is 0 Å². The molecule has 1 aliphatic carbocycles. The van der Waals surface area contributed by atoms with Gasteiger partial charge in [-0.1, -0.05) is 0 Å². The zero-order valence-electron chi connectivity index (χ0n) is 17.2. The van der Waals surface area contributed by atoms with Crippen LogP contribution in [0.3, 0.4) is 0 Å². The van der Waals surface area contributed by atoms with E-state index in [2.05, 4.69) is 30.9 Å². The lowest BCUT2D eigenvalue weighted by molar-refractivity contribution is 0.0660. The molecule has 2 atom stereocenters. The maximum absolute atomic E-state index is 12.0. The summed E-state index contributed by atoms with van der Waals surface area (Å²) in [6, 6.07) is 4.05. The number of aromatic amines is 1. The van der Waals surface area contributed by atoms with Crippen LogP contribution in [-0.4, -0.2) is 56.8 Å². The van der Waals surface area contributed by atoms with Crippen LogP contribution in [0.1, 0.15) is 43.2 Å². The molecule has 1 saturated carbocycles. The minimum Gasteiger partial charge on any atom is -0.444 e. The molecule has 2 aliphatic rings. The molecule has 0 spiro atoms. The van der Waals surface area contributed by atoms with Gasteiger partial charge in [-0.15, -0.1) is 0 Å². The van der Waals surface area contributed by atoms with E-state index in [1.807, 2.05) is 12.1 Å². The molecule has 0 bridgehead atoms. The molecule has 2 fully saturated rings. The fraction of sp³-hybridized carbons (Fsp3) is 0.500. The normalized spacial score (nSPS) is 21.2. The van der Waals surface area contributed by atoms with Crippen molar-refractivity contribution < 1.29 is 19.0 Å². The van der Waals surface area contributed by atoms with E-state index in [0.717, 1.165) is 36.2 Å². The second kappa shape index (κ2) is 8.52. The van der Waals surface area contributed by atoms with E-state index < -0.39 is 0 Å². The van der Waals surface area contributed by atoms with Crippen LogP contribution in [0.25, 0.3) is 5.52 Å². The van der Waals surface area contributed by atoms with E-state index in [0.29, 0.717) is 31.3 Å². The Morgan fingerprint density at radius 2 is 2.29 bits per heavy atom. The average Bonchev–Trinajstić information content (AvgIpc) is 3.45. The van der Waals surface area contributed by atoms with E-state index in [1.165, 1.54) is 0 Å². The number of nitrogens with one attached hydrogen (secondary N) is 3. The van der Waals surface area contributed by atoms with Gasteiger partial charge in [0.15, 0.2) is 5.82 Å². The highest BCUT2D eigenvalue weighted by atomic mass is 16.6. The van der Waals surface area contributed by atoms with Crippen molar-refractivity contribution in [3.05, 3.63) is 35.9 Å². The summed E-state index contributed by atoms with van der Waals surface area (Å²) < 4.78 is 18.2. The highest BCUT2D eigenvalue weighted by molar-refractivity contribution is 5.72. The van der Waals surface area contributed by atoms with Crippen molar-refractivity contribution in [2.75, 3.05) is 19.0 Å². The van der Waals surface area contributed by atoms with Gasteiger partial charge in [-0.05, 0) is 25.3 Å². The first-order valence-corrected chi connectivity index (χ1v) is 10.4. The summed E-state index contributed by atoms with van der Waals surface area (Å²) in [6.45, 7) is 0.785. The van der Waals surface area contributed by atoms with Gasteiger partial charge in [0.05, 0.1) is 24.6 Å². The number of hydrogen-bond donors (Lipinski definition) is 3. The third-order valence-electron chi connectivity index (χ3n) is 5.57. The first kappa shape index (κ1) is 19.8. The molecule has 11 nitrogen and oxygen atoms in total. The van der Waals surface area contributed by atoms with Crippen LogP contribution >= 0.6 is 0 Å². The Bertz CT molecular complexity index is 1060. The Balaban J connectivity index is 1.21. The van der Waals surface area contributed by atoms with E-state index in [1.54, 1.807) is 24.0 Å². The molecule has 1 amide bonds. The van der Waals surface area contributed by atoms with Gasteiger partial charge in [-0.2, -0.15) is 10.2 Å². The van der Waals surface area contributed by atoms with Gasteiger partial charge in [-0.25, -0.2) is 14.3 Å². The first-order chi connectivity index (χ1) is 15.2. The number of methoxy groups -OCH3 is 1. The molecule has 4 heterocycles. The summed E-state index contributed by atoms with van der Waals surface area (Å²) in [5.41, 5.74) is 2.39. The number of aromatic nitrogens is 5. The molecule has 0 unspecified atom stereocenters. The maximum Gasteiger partial charge on any atom is 0.407 e. The number of hydrogen-bond acceptors (Lipinski definition) is 8. The molecule has 164 valence electrons. The molecule has 0 aromatic carbocycles. The number of alkyl carbamates (subject to hydrolysis) is 1. The van der Waals surface area contributed by atoms with Crippen molar-refractivity contribution in [2.24, 2.45) is 0 Å². The second-order valence-corrected chi connectivity index (χ2v) is 7.86. The maximum atomic E-state index is 12.0. The standard InChI is InChI=1S/C20H25N7O4/c1-29-10-13-7-16-19(21-5-6-27(16)26-13)23-18-9-15(24-25-18)17-8-14(11-30-17)31-20(28)22-12-3-2-4-12/h5-7,9,12,14,17H,2-4,8,10-11H2,1H3,(H,22,28)(H2,21,23,24,25)/t14-,17-/m1/s1. The topological polar surface area (TPSA) is 128 Å². The lowest BCUT2D eigenvalue weighted by Gasteiger charge is -2.26. The van der Waals surface area contributed by atoms with E-state index >= 15 is 0 Å². The fourth-order valence-corrected chi connectivity index (χ4v) is 3.77. The molecule has 1 saturated heterocycles. The Morgan fingerprint density at radius 3 is 3.10 bits per heavy atom. The predicted molar refractivity (Wildman–Crippen MR) is 110 cm³/mol. The molecule has 1 aliphatic heterocycles. The molecule has 31 heavy (non-hydrogen) atoms. The summed E-state index contributed by atoms with van der Waals surface area (Å²) in [5.74, 6) is 1.33. The van der Waals surface area contributed by atoms with Crippen molar-refractivity contribution >= 4 is 23.2 Å². The molecule has 3 N–H and O–H groups in total. The summed E-state index contributed by atoms with van der Waals surface area (Å²) in [7, 11) is 1.63. The van der Waals surface area contributed by atoms with Crippen molar-refractivity contribution in [1.29, 1.82) is 0 Å². The number of carbonyl (C=O) groups is 1. The SMILES string of the molecule is COCc1cc2c(Nc3cc([C@H]4C[C@@H](OC(=O)NC5CCC5)CO4)n[nH]3)nccn2n1. The quantitative estimate of drug-likeness (QED) is 0.525. The smallest absolute Gasteiger partial charge is 0.407 e. The highest BCUT2D eigenvalue weighted by Gasteiger charge is 2.32. The van der Waals surface area contributed by atoms with E-state index in [9.17, 15) is 4.79 Å². The van der Waals surface area contributed by atoms with Crippen LogP contribution in [-0.2, 0) is 20.8 Å². The Kier molecular flexibility index (Phi) is 5.43. The van der Waals surface area contributed by atoms with E-state index in [4.69, 9.17) is 14.2 Å². The van der Waals surface area contributed by atoms with Crippen LogP contribution in [0, 0.1) is 0 Å². The van der Waals surface area contributed by atoms with Crippen LogP contribution in [0.4, 0.5) is 16.4 Å². The molecule has 11 heteroatoms. The predicted octanol–water partition coefficient (Wildman–Crippen LogP) is 2.45. The number of rotatable bonds is 7. The van der Waals surface area contributed by atoms with Crippen LogP contribution in [0.5, 0.6) is 0 Å². The lowest BCUT2D eigenvalue weighted by atomic mass is 9.93. The zero-order valence-corrected chi connectivity index (χ0v) is 17.2. The Hall–Kier alpha value is -3.18. The molecule has 3 aromatic heterocycles. The largest absolute Gasteiger partial charge is 0.444 e. The minimum absolute atomic E-state index is 0.236. The van der Waals surface area contributed by atoms with Crippen molar-refractivity contribution in [3.63, 3.8) is 0 Å². The molecule has 3 aromatic rings. The number of anilines is 2. The second-order valence-electron chi connectivity index (χ2n) is 7.86. The summed E-state index contributed by atoms with van der Waals surface area (Å²) in [5, 5.41) is 17.9. The number of amides is 1. The third kappa shape index (κ3) is 4.32. The highest BCUT2D eigenvalue weighted by Crippen LogP contribution is 2.31. The van der Waals surface area contributed by atoms with Gasteiger partial charge in [0, 0.05) is 38.0 Å². The van der Waals surface area contributed by atoms with E-state index in [-0.39, 0.29) is 24.3 Å². The van der Waals surface area contributed by atoms with Gasteiger partial charge < -0.3 is 24.8 Å². The van der Waals surface area contributed by atoms with Crippen LogP contribution in [0.15, 0.2) is 24.5 Å². The van der Waals surface area contributed by atoms with Gasteiger partial charge >= 0.3 is 6.09 Å². The number of H-pyrrole nitrogens is 1. The first-order valence-electron chi connectivity index (χ1n) is 10.4. The number of fused-ring (bicyclic) bond motifs is 1. The molecule has 5 rings (SSSR count). The number of ether oxygens (including phenoxy) is 3. The third-order valence-corrected chi connectivity index (χ3v) is 5.57. The molecular formula is C20H25N7O4. The van der Waals surface area contributed by atoms with Gasteiger partial charge in [0.1, 0.15) is 23.5 Å². The average molecular weight is 427 g/mol. The zero-order chi connectivity index (χ0) is 21.2. The molecular weight excluding hydrogens is 402 g/mol. The monoisotopic (exact) mass is 427 g/mol.